The first-order valence-electron chi connectivity index (χ1n) is 3.96. The highest BCUT2D eigenvalue weighted by molar-refractivity contribution is 7.89. The fourth-order valence-corrected chi connectivity index (χ4v) is 2.34. The molecule has 1 aromatic carbocycles. The van der Waals surface area contributed by atoms with Gasteiger partial charge in [0.05, 0.1) is 17.7 Å². The van der Waals surface area contributed by atoms with Crippen LogP contribution in [-0.2, 0) is 14.9 Å². The zero-order valence-electron chi connectivity index (χ0n) is 8.10. The van der Waals surface area contributed by atoms with Crippen LogP contribution in [0.2, 0.25) is 5.02 Å². The zero-order chi connectivity index (χ0) is 12.3. The van der Waals surface area contributed by atoms with E-state index < -0.39 is 16.0 Å². The van der Waals surface area contributed by atoms with Crippen LogP contribution in [0.1, 0.15) is 10.4 Å². The van der Waals surface area contributed by atoms with Crippen molar-refractivity contribution in [3.8, 4) is 0 Å². The molecule has 0 atom stereocenters. The Kier molecular flexibility index (Phi) is 3.87. The summed E-state index contributed by atoms with van der Waals surface area (Å²) >= 11 is 5.65. The lowest BCUT2D eigenvalue weighted by atomic mass is 10.2. The van der Waals surface area contributed by atoms with E-state index in [2.05, 4.69) is 4.84 Å². The van der Waals surface area contributed by atoms with Gasteiger partial charge in [-0.25, -0.2) is 13.2 Å². The molecule has 0 heterocycles. The van der Waals surface area contributed by atoms with E-state index in [9.17, 15) is 13.2 Å². The second-order valence-corrected chi connectivity index (χ2v) is 4.76. The quantitative estimate of drug-likeness (QED) is 0.788. The minimum Gasteiger partial charge on any atom is -0.478 e. The largest absolute Gasteiger partial charge is 0.478 e. The minimum absolute atomic E-state index is 0.0884. The number of carboxylic acid groups (broad SMARTS) is 1. The number of hydrogen-bond acceptors (Lipinski definition) is 4. The van der Waals surface area contributed by atoms with Crippen molar-refractivity contribution in [2.75, 3.05) is 7.11 Å². The van der Waals surface area contributed by atoms with Gasteiger partial charge in [0.1, 0.15) is 4.90 Å². The lowest BCUT2D eigenvalue weighted by molar-refractivity contribution is 0.0696. The number of hydrogen-bond donors (Lipinski definition) is 2. The van der Waals surface area contributed by atoms with Crippen molar-refractivity contribution in [3.05, 3.63) is 28.8 Å². The van der Waals surface area contributed by atoms with Gasteiger partial charge < -0.3 is 5.11 Å². The SMILES string of the molecule is CONS(=O)(=O)c1cc(C(=O)O)ccc1Cl. The van der Waals surface area contributed by atoms with Crippen molar-refractivity contribution in [2.45, 2.75) is 4.90 Å². The molecule has 0 fully saturated rings. The molecule has 6 nitrogen and oxygen atoms in total. The molecule has 0 aliphatic carbocycles. The van der Waals surface area contributed by atoms with Gasteiger partial charge in [-0.15, -0.1) is 0 Å². The van der Waals surface area contributed by atoms with Crippen molar-refractivity contribution in [1.29, 1.82) is 0 Å². The molecule has 0 amide bonds. The maximum atomic E-state index is 11.5. The Bertz CT molecular complexity index is 513. The minimum atomic E-state index is -3.96. The highest BCUT2D eigenvalue weighted by Gasteiger charge is 2.19. The smallest absolute Gasteiger partial charge is 0.335 e. The number of sulfonamides is 1. The van der Waals surface area contributed by atoms with Crippen LogP contribution in [0, 0.1) is 0 Å². The van der Waals surface area contributed by atoms with Gasteiger partial charge in [0.25, 0.3) is 10.0 Å². The van der Waals surface area contributed by atoms with Gasteiger partial charge in [-0.2, -0.15) is 0 Å². The Morgan fingerprint density at radius 3 is 2.62 bits per heavy atom. The molecule has 88 valence electrons. The Morgan fingerprint density at radius 2 is 2.12 bits per heavy atom. The molecule has 0 saturated carbocycles. The van der Waals surface area contributed by atoms with Crippen LogP contribution < -0.4 is 4.89 Å². The molecule has 8 heteroatoms. The van der Waals surface area contributed by atoms with Crippen molar-refractivity contribution in [3.63, 3.8) is 0 Å². The van der Waals surface area contributed by atoms with Crippen molar-refractivity contribution in [2.24, 2.45) is 0 Å². The maximum Gasteiger partial charge on any atom is 0.335 e. The Morgan fingerprint density at radius 1 is 1.50 bits per heavy atom. The third kappa shape index (κ3) is 2.70. The molecule has 0 unspecified atom stereocenters. The predicted molar refractivity (Wildman–Crippen MR) is 55.7 cm³/mol. The van der Waals surface area contributed by atoms with Crippen LogP contribution in [0.3, 0.4) is 0 Å². The molecule has 0 aromatic heterocycles. The Labute approximate surface area is 96.8 Å². The molecule has 1 rings (SSSR count). The summed E-state index contributed by atoms with van der Waals surface area (Å²) in [5.74, 6) is -1.24. The summed E-state index contributed by atoms with van der Waals surface area (Å²) < 4.78 is 23.0. The highest BCUT2D eigenvalue weighted by Crippen LogP contribution is 2.22. The summed E-state index contributed by atoms with van der Waals surface area (Å²) in [4.78, 5) is 16.3. The standard InChI is InChI=1S/C8H8ClNO5S/c1-15-10-16(13,14)7-4-5(8(11)12)2-3-6(7)9/h2-4,10H,1H3,(H,11,12). The topological polar surface area (TPSA) is 92.7 Å². The fourth-order valence-electron chi connectivity index (χ4n) is 0.997. The van der Waals surface area contributed by atoms with E-state index in [-0.39, 0.29) is 15.5 Å². The van der Waals surface area contributed by atoms with Gasteiger partial charge in [-0.1, -0.05) is 16.5 Å². The fraction of sp³-hybridized carbons (Fsp3) is 0.125. The van der Waals surface area contributed by atoms with Crippen molar-refractivity contribution < 1.29 is 23.2 Å². The second-order valence-electron chi connectivity index (χ2n) is 2.74. The highest BCUT2D eigenvalue weighted by atomic mass is 35.5. The third-order valence-corrected chi connectivity index (χ3v) is 3.41. The summed E-state index contributed by atoms with van der Waals surface area (Å²) in [5.41, 5.74) is -0.180. The molecule has 0 saturated heterocycles. The van der Waals surface area contributed by atoms with Gasteiger partial charge in [0.15, 0.2) is 0 Å². The van der Waals surface area contributed by atoms with Gasteiger partial charge in [0.2, 0.25) is 0 Å². The average Bonchev–Trinajstić information content (AvgIpc) is 2.17. The van der Waals surface area contributed by atoms with Crippen LogP contribution in [-0.4, -0.2) is 26.6 Å². The molecule has 2 N–H and O–H groups in total. The van der Waals surface area contributed by atoms with E-state index in [1.165, 1.54) is 12.1 Å². The second kappa shape index (κ2) is 4.79. The van der Waals surface area contributed by atoms with E-state index >= 15 is 0 Å². The molecule has 0 bridgehead atoms. The van der Waals surface area contributed by atoms with Crippen molar-refractivity contribution in [1.82, 2.24) is 4.89 Å². The summed E-state index contributed by atoms with van der Waals surface area (Å²) in [7, 11) is -2.85. The van der Waals surface area contributed by atoms with Crippen LogP contribution in [0.4, 0.5) is 0 Å². The lowest BCUT2D eigenvalue weighted by Gasteiger charge is -2.06. The normalized spacial score (nSPS) is 11.4. The first-order chi connectivity index (χ1) is 7.38. The zero-order valence-corrected chi connectivity index (χ0v) is 9.67. The van der Waals surface area contributed by atoms with Crippen molar-refractivity contribution >= 4 is 27.6 Å². The monoisotopic (exact) mass is 265 g/mol. The molecule has 0 aliphatic heterocycles. The Balaban J connectivity index is 3.33. The summed E-state index contributed by atoms with van der Waals surface area (Å²) in [6, 6.07) is 3.34. The number of rotatable bonds is 4. The van der Waals surface area contributed by atoms with E-state index in [1.807, 2.05) is 0 Å². The predicted octanol–water partition coefficient (Wildman–Crippen LogP) is 0.878. The van der Waals surface area contributed by atoms with Gasteiger partial charge >= 0.3 is 5.97 Å². The van der Waals surface area contributed by atoms with Crippen LogP contribution in [0.25, 0.3) is 0 Å². The first-order valence-corrected chi connectivity index (χ1v) is 5.82. The molecular formula is C8H8ClNO5S. The molecule has 1 aromatic rings. The molecule has 0 aliphatic rings. The van der Waals surface area contributed by atoms with E-state index in [4.69, 9.17) is 16.7 Å². The number of carbonyl (C=O) groups is 1. The number of aromatic carboxylic acids is 1. The molecular weight excluding hydrogens is 258 g/mol. The maximum absolute atomic E-state index is 11.5. The third-order valence-electron chi connectivity index (χ3n) is 1.66. The van der Waals surface area contributed by atoms with Crippen LogP contribution in [0.5, 0.6) is 0 Å². The number of nitrogens with one attached hydrogen (secondary N) is 1. The van der Waals surface area contributed by atoms with E-state index in [1.54, 1.807) is 4.89 Å². The van der Waals surface area contributed by atoms with E-state index in [0.29, 0.717) is 0 Å². The first kappa shape index (κ1) is 12.9. The molecule has 0 radical (unpaired) electrons. The van der Waals surface area contributed by atoms with Gasteiger partial charge in [-0.05, 0) is 18.2 Å². The van der Waals surface area contributed by atoms with Crippen LogP contribution in [0.15, 0.2) is 23.1 Å². The average molecular weight is 266 g/mol. The number of benzene rings is 1. The number of carboxylic acids is 1. The van der Waals surface area contributed by atoms with Gasteiger partial charge in [0, 0.05) is 0 Å². The number of halogens is 1. The lowest BCUT2D eigenvalue weighted by Crippen LogP contribution is -2.23. The molecule has 0 spiro atoms. The molecule has 16 heavy (non-hydrogen) atoms. The summed E-state index contributed by atoms with van der Waals surface area (Å²) in [6.07, 6.45) is 0. The van der Waals surface area contributed by atoms with E-state index in [0.717, 1.165) is 13.2 Å². The summed E-state index contributed by atoms with van der Waals surface area (Å²) in [6.45, 7) is 0. The van der Waals surface area contributed by atoms with Crippen LogP contribution >= 0.6 is 11.6 Å². The summed E-state index contributed by atoms with van der Waals surface area (Å²) in [5, 5.41) is 8.62. The Hall–Kier alpha value is -1.15. The van der Waals surface area contributed by atoms with Gasteiger partial charge in [-0.3, -0.25) is 4.84 Å².